The molecule has 2 aromatic rings. The first-order chi connectivity index (χ1) is 24.7. The minimum absolute atomic E-state index is 0.0387. The van der Waals surface area contributed by atoms with E-state index in [0.717, 1.165) is 18.2 Å². The predicted octanol–water partition coefficient (Wildman–Crippen LogP) is -4.40. The van der Waals surface area contributed by atoms with Crippen LogP contribution in [0.4, 0.5) is 0 Å². The molecule has 3 fully saturated rings. The molecule has 20 heteroatoms. The van der Waals surface area contributed by atoms with Crippen LogP contribution in [0.2, 0.25) is 0 Å². The van der Waals surface area contributed by atoms with Crippen molar-refractivity contribution in [1.82, 2.24) is 0 Å². The van der Waals surface area contributed by atoms with Crippen molar-refractivity contribution < 1.29 is 99.5 Å². The monoisotopic (exact) mass is 745 g/mol. The standard InChI is InChI=1S/C32H40O20/c33-7-19-22(40)24(42)27(45)31(50-19)48-17-5-11(35)4-16-12(17)6-18(28(47-16)10-1-2-13(36)14(37)3-10)49-32-29(25(43)23(41)20(8-34)51-32)52-30-26(44)21(39)15(38)9-46-30/h1-6,15,19-45H,7-9H2/p+1/t15-,19+,20-,21-,22+,23+,24-,25-,26-,27+,28?,29+,30+,31+,32+/m0/s1. The Morgan fingerprint density at radius 1 is 0.673 bits per heavy atom. The summed E-state index contributed by atoms with van der Waals surface area (Å²) in [5, 5.41) is 134. The van der Waals surface area contributed by atoms with Crippen LogP contribution >= 0.6 is 0 Å². The van der Waals surface area contributed by atoms with Gasteiger partial charge in [0.1, 0.15) is 78.1 Å². The third-order valence-corrected chi connectivity index (χ3v) is 9.16. The second kappa shape index (κ2) is 15.4. The molecule has 2 aromatic carbocycles. The maximum absolute atomic E-state index is 11.1. The number of benzene rings is 2. The number of phenolic OH excluding ortho intramolecular Hbond substituents is 3. The average Bonchev–Trinajstić information content (AvgIpc) is 3.12. The van der Waals surface area contributed by atoms with E-state index in [1.54, 1.807) is 0 Å². The molecule has 0 spiro atoms. The molecule has 4 heterocycles. The number of hydrogen-bond donors (Lipinski definition) is 13. The highest BCUT2D eigenvalue weighted by Crippen LogP contribution is 2.47. The molecular formula is C32H41O20+. The van der Waals surface area contributed by atoms with Crippen molar-refractivity contribution in [1.29, 1.82) is 0 Å². The van der Waals surface area contributed by atoms with Gasteiger partial charge in [0.2, 0.25) is 12.6 Å². The fourth-order valence-corrected chi connectivity index (χ4v) is 6.19. The van der Waals surface area contributed by atoms with E-state index >= 15 is 0 Å². The van der Waals surface area contributed by atoms with Gasteiger partial charge in [-0.2, -0.15) is 0 Å². The summed E-state index contributed by atoms with van der Waals surface area (Å²) in [5.41, 5.74) is 0.252. The zero-order chi connectivity index (χ0) is 37.6. The molecule has 0 radical (unpaired) electrons. The number of phenols is 3. The first-order valence-corrected chi connectivity index (χ1v) is 16.1. The van der Waals surface area contributed by atoms with Gasteiger partial charge in [-0.1, -0.05) is 0 Å². The van der Waals surface area contributed by atoms with Gasteiger partial charge in [0.25, 0.3) is 11.9 Å². The molecule has 14 N–H and O–H groups in total. The van der Waals surface area contributed by atoms with Gasteiger partial charge in [0.15, 0.2) is 29.7 Å². The summed E-state index contributed by atoms with van der Waals surface area (Å²) in [6.45, 7) is -2.03. The second-order valence-corrected chi connectivity index (χ2v) is 12.7. The van der Waals surface area contributed by atoms with Gasteiger partial charge in [0, 0.05) is 12.1 Å². The average molecular weight is 746 g/mol. The molecule has 288 valence electrons. The van der Waals surface area contributed by atoms with Gasteiger partial charge >= 0.3 is 0 Å². The van der Waals surface area contributed by atoms with E-state index < -0.39 is 129 Å². The van der Waals surface area contributed by atoms with Crippen LogP contribution in [0.5, 0.6) is 28.7 Å². The molecule has 0 aliphatic carbocycles. The number of aliphatic hydroxyl groups excluding tert-OH is 10. The van der Waals surface area contributed by atoms with Crippen molar-refractivity contribution in [3.05, 3.63) is 47.2 Å². The normalized spacial score (nSPS) is 39.2. The lowest BCUT2D eigenvalue weighted by Crippen LogP contribution is -2.63. The Kier molecular flexibility index (Phi) is 11.3. The van der Waals surface area contributed by atoms with Gasteiger partial charge in [-0.25, -0.2) is 0 Å². The van der Waals surface area contributed by atoms with Gasteiger partial charge < -0.3 is 99.5 Å². The molecular weight excluding hydrogens is 704 g/mol. The summed E-state index contributed by atoms with van der Waals surface area (Å²) >= 11 is 0. The van der Waals surface area contributed by atoms with Crippen molar-refractivity contribution in [2.24, 2.45) is 0 Å². The summed E-state index contributed by atoms with van der Waals surface area (Å²) < 4.78 is 39.0. The van der Waals surface area contributed by atoms with Crippen LogP contribution in [0, 0.1) is 0 Å². The second-order valence-electron chi connectivity index (χ2n) is 12.7. The van der Waals surface area contributed by atoms with E-state index in [1.165, 1.54) is 18.2 Å². The van der Waals surface area contributed by atoms with Crippen LogP contribution in [0.25, 0.3) is 6.08 Å². The third-order valence-electron chi connectivity index (χ3n) is 9.16. The smallest absolute Gasteiger partial charge is 0.270 e. The lowest BCUT2D eigenvalue weighted by molar-refractivity contribution is -0.353. The summed E-state index contributed by atoms with van der Waals surface area (Å²) in [7, 11) is 0. The highest BCUT2D eigenvalue weighted by Gasteiger charge is 2.51. The van der Waals surface area contributed by atoms with Crippen molar-refractivity contribution in [2.75, 3.05) is 19.8 Å². The molecule has 20 nitrogen and oxygen atoms in total. The fraction of sp³-hybridized carbons (Fsp3) is 0.562. The van der Waals surface area contributed by atoms with E-state index in [2.05, 4.69) is 4.74 Å². The van der Waals surface area contributed by atoms with Gasteiger partial charge in [-0.05, 0) is 18.2 Å². The molecule has 0 saturated carbocycles. The van der Waals surface area contributed by atoms with E-state index in [-0.39, 0.29) is 28.4 Å². The summed E-state index contributed by atoms with van der Waals surface area (Å²) in [5.74, 6) is -1.75. The van der Waals surface area contributed by atoms with Crippen LogP contribution in [-0.2, 0) is 23.7 Å². The maximum Gasteiger partial charge on any atom is 0.270 e. The van der Waals surface area contributed by atoms with Gasteiger partial charge in [0.05, 0.1) is 31.5 Å². The Morgan fingerprint density at radius 2 is 1.33 bits per heavy atom. The number of rotatable bonds is 9. The van der Waals surface area contributed by atoms with Crippen molar-refractivity contribution in [2.45, 2.75) is 92.1 Å². The number of aliphatic hydroxyl groups is 11. The molecule has 6 rings (SSSR count). The molecule has 4 aliphatic heterocycles. The largest absolute Gasteiger partial charge is 0.571 e. The van der Waals surface area contributed by atoms with E-state index in [9.17, 15) is 66.4 Å². The molecule has 3 saturated heterocycles. The minimum Gasteiger partial charge on any atom is -0.571 e. The van der Waals surface area contributed by atoms with E-state index in [0.29, 0.717) is 0 Å². The first kappa shape index (κ1) is 38.2. The highest BCUT2D eigenvalue weighted by molar-refractivity contribution is 5.70. The SMILES string of the molecule is OC[C@@H]1O[C@@H](OC2=Cc3c(O[C@@H]4O[C@H](CO)[C@@H](O)[C@H](O)[C@H]4O)cc(O)cc3[OH+]C2c2ccc(O)c(O)c2)[C@H](O[C@H]2OC[C@H](O)[C@H](O)[C@@H]2O)[C@@H](O)[C@@H]1O. The molecule has 52 heavy (non-hydrogen) atoms. The van der Waals surface area contributed by atoms with Crippen molar-refractivity contribution in [3.63, 3.8) is 0 Å². The van der Waals surface area contributed by atoms with Crippen LogP contribution < -0.4 is 4.74 Å². The van der Waals surface area contributed by atoms with E-state index in [1.807, 2.05) is 0 Å². The lowest BCUT2D eigenvalue weighted by Gasteiger charge is -2.45. The molecule has 0 bridgehead atoms. The minimum atomic E-state index is -1.87. The third kappa shape index (κ3) is 7.31. The number of aromatic hydroxyl groups is 4. The summed E-state index contributed by atoms with van der Waals surface area (Å²) in [6.07, 6.45) is -23.5. The Morgan fingerprint density at radius 3 is 2.00 bits per heavy atom. The topological polar surface area (TPSA) is 331 Å². The number of fused-ring (bicyclic) bond motifs is 1. The highest BCUT2D eigenvalue weighted by atomic mass is 16.8. The van der Waals surface area contributed by atoms with Crippen LogP contribution in [0.15, 0.2) is 36.1 Å². The summed E-state index contributed by atoms with van der Waals surface area (Å²) in [6, 6.07) is 6.02. The van der Waals surface area contributed by atoms with Crippen LogP contribution in [0.3, 0.4) is 0 Å². The van der Waals surface area contributed by atoms with Gasteiger partial charge in [-0.15, -0.1) is 0 Å². The molecule has 1 unspecified atom stereocenters. The Labute approximate surface area is 293 Å². The molecule has 4 aliphatic rings. The zero-order valence-electron chi connectivity index (χ0n) is 27.0. The van der Waals surface area contributed by atoms with Crippen molar-refractivity contribution >= 4 is 6.08 Å². The quantitative estimate of drug-likeness (QED) is 0.0851. The van der Waals surface area contributed by atoms with Crippen molar-refractivity contribution in [3.8, 4) is 28.7 Å². The fourth-order valence-electron chi connectivity index (χ4n) is 6.19. The maximum atomic E-state index is 11.1. The zero-order valence-corrected chi connectivity index (χ0v) is 27.0. The molecule has 0 aromatic heterocycles. The Balaban J connectivity index is 1.39. The Bertz CT molecular complexity index is 1590. The van der Waals surface area contributed by atoms with Crippen LogP contribution in [0.1, 0.15) is 17.2 Å². The number of ether oxygens (including phenoxy) is 7. The Hall–Kier alpha value is -3.58. The van der Waals surface area contributed by atoms with E-state index in [4.69, 9.17) is 28.4 Å². The molecule has 0 amide bonds. The van der Waals surface area contributed by atoms with Gasteiger partial charge in [-0.3, -0.25) is 0 Å². The first-order valence-electron chi connectivity index (χ1n) is 16.1. The van der Waals surface area contributed by atoms with Crippen LogP contribution in [-0.4, -0.2) is 177 Å². The number of hydrogen-bond acceptors (Lipinski definition) is 19. The molecule has 15 atom stereocenters. The summed E-state index contributed by atoms with van der Waals surface area (Å²) in [4.78, 5) is 0. The predicted molar refractivity (Wildman–Crippen MR) is 166 cm³/mol. The lowest BCUT2D eigenvalue weighted by atomic mass is 9.97.